The van der Waals surface area contributed by atoms with E-state index in [0.29, 0.717) is 11.4 Å². The van der Waals surface area contributed by atoms with Gasteiger partial charge in [0.15, 0.2) is 0 Å². The number of amides is 1. The van der Waals surface area contributed by atoms with Gasteiger partial charge in [0.05, 0.1) is 23.5 Å². The molecule has 1 N–H and O–H groups in total. The fraction of sp³-hybridized carbons (Fsp3) is 0.167. The van der Waals surface area contributed by atoms with Crippen molar-refractivity contribution in [1.82, 2.24) is 9.38 Å². The summed E-state index contributed by atoms with van der Waals surface area (Å²) in [5.74, 6) is -1.76. The van der Waals surface area contributed by atoms with Crippen LogP contribution in [0.4, 0.5) is 14.5 Å². The van der Waals surface area contributed by atoms with Gasteiger partial charge in [-0.05, 0) is 67.8 Å². The topological polar surface area (TPSA) is 46.4 Å². The number of benzene rings is 2. The van der Waals surface area contributed by atoms with Crippen LogP contribution in [0.5, 0.6) is 0 Å². The molecule has 0 aliphatic carbocycles. The Labute approximate surface area is 173 Å². The summed E-state index contributed by atoms with van der Waals surface area (Å²) < 4.78 is 29.2. The maximum Gasteiger partial charge on any atom is 0.230 e. The molecule has 0 saturated carbocycles. The number of halogens is 2. The van der Waals surface area contributed by atoms with E-state index >= 15 is 0 Å². The molecular weight excluding hydrogens is 384 g/mol. The molecule has 0 aliphatic rings. The van der Waals surface area contributed by atoms with E-state index in [4.69, 9.17) is 4.98 Å². The van der Waals surface area contributed by atoms with Crippen LogP contribution in [0.2, 0.25) is 0 Å². The van der Waals surface area contributed by atoms with E-state index in [1.54, 1.807) is 0 Å². The number of nitrogens with one attached hydrogen (secondary N) is 1. The van der Waals surface area contributed by atoms with Gasteiger partial charge in [0.25, 0.3) is 0 Å². The molecule has 0 aliphatic heterocycles. The Balaban J connectivity index is 1.75. The molecule has 1 amide bonds. The molecule has 0 bridgehead atoms. The number of pyridine rings is 1. The van der Waals surface area contributed by atoms with Gasteiger partial charge in [0, 0.05) is 17.8 Å². The van der Waals surface area contributed by atoms with Crippen molar-refractivity contribution in [3.63, 3.8) is 0 Å². The maximum atomic E-state index is 13.9. The number of rotatable bonds is 4. The minimum absolute atomic E-state index is 0.0392. The third-order valence-corrected chi connectivity index (χ3v) is 5.19. The summed E-state index contributed by atoms with van der Waals surface area (Å²) in [7, 11) is 0. The lowest BCUT2D eigenvalue weighted by atomic mass is 10.0. The molecule has 0 saturated heterocycles. The zero-order chi connectivity index (χ0) is 21.4. The summed E-state index contributed by atoms with van der Waals surface area (Å²) in [4.78, 5) is 17.5. The highest BCUT2D eigenvalue weighted by Crippen LogP contribution is 2.27. The van der Waals surface area contributed by atoms with E-state index in [1.807, 2.05) is 61.7 Å². The highest BCUT2D eigenvalue weighted by atomic mass is 19.1. The Morgan fingerprint density at radius 3 is 2.57 bits per heavy atom. The third kappa shape index (κ3) is 3.81. The summed E-state index contributed by atoms with van der Waals surface area (Å²) in [5, 5.41) is 2.47. The second-order valence-electron chi connectivity index (χ2n) is 7.49. The summed E-state index contributed by atoms with van der Waals surface area (Å²) in [6.45, 7) is 6.04. The molecule has 4 nitrogen and oxygen atoms in total. The van der Waals surface area contributed by atoms with E-state index in [2.05, 4.69) is 5.32 Å². The van der Waals surface area contributed by atoms with Crippen molar-refractivity contribution in [2.24, 2.45) is 0 Å². The standard InChI is InChI=1S/C24H21F2N3O/c1-14-8-9-29-21(13-23(30)27-20-12-18(25)6-7-19(20)26)24(28-22(29)10-14)17-5-4-15(2)16(3)11-17/h4-12H,13H2,1-3H3,(H,27,30). The first-order chi connectivity index (χ1) is 14.3. The van der Waals surface area contributed by atoms with Crippen molar-refractivity contribution in [1.29, 1.82) is 0 Å². The Hall–Kier alpha value is -3.54. The zero-order valence-corrected chi connectivity index (χ0v) is 17.0. The van der Waals surface area contributed by atoms with Crippen molar-refractivity contribution in [3.8, 4) is 11.3 Å². The van der Waals surface area contributed by atoms with Crippen LogP contribution in [0.25, 0.3) is 16.9 Å². The van der Waals surface area contributed by atoms with Gasteiger partial charge < -0.3 is 9.72 Å². The summed E-state index contributed by atoms with van der Waals surface area (Å²) in [5.41, 5.74) is 6.16. The molecule has 2 aromatic carbocycles. The normalized spacial score (nSPS) is 11.1. The number of nitrogens with zero attached hydrogens (tertiary/aromatic N) is 2. The second kappa shape index (κ2) is 7.71. The first kappa shape index (κ1) is 19.8. The number of carbonyl (C=O) groups is 1. The van der Waals surface area contributed by atoms with E-state index in [9.17, 15) is 13.6 Å². The van der Waals surface area contributed by atoms with Gasteiger partial charge in [-0.2, -0.15) is 0 Å². The number of anilines is 1. The van der Waals surface area contributed by atoms with E-state index < -0.39 is 17.5 Å². The van der Waals surface area contributed by atoms with Crippen LogP contribution in [0.1, 0.15) is 22.4 Å². The predicted octanol–water partition coefficient (Wildman–Crippen LogP) is 5.39. The van der Waals surface area contributed by atoms with Gasteiger partial charge in [-0.25, -0.2) is 13.8 Å². The SMILES string of the molecule is Cc1ccn2c(CC(=O)Nc3cc(F)ccc3F)c(-c3ccc(C)c(C)c3)nc2c1. The van der Waals surface area contributed by atoms with Crippen molar-refractivity contribution < 1.29 is 13.6 Å². The molecule has 0 spiro atoms. The molecule has 30 heavy (non-hydrogen) atoms. The number of aryl methyl sites for hydroxylation is 3. The predicted molar refractivity (Wildman–Crippen MR) is 114 cm³/mol. The van der Waals surface area contributed by atoms with Crippen LogP contribution in [-0.2, 0) is 11.2 Å². The average molecular weight is 405 g/mol. The van der Waals surface area contributed by atoms with Crippen molar-refractivity contribution in [2.45, 2.75) is 27.2 Å². The molecule has 0 unspecified atom stereocenters. The Kier molecular flexibility index (Phi) is 5.08. The molecular formula is C24H21F2N3O. The van der Waals surface area contributed by atoms with Crippen molar-refractivity contribution >= 4 is 17.2 Å². The average Bonchev–Trinajstić information content (AvgIpc) is 3.04. The lowest BCUT2D eigenvalue weighted by molar-refractivity contribution is -0.115. The third-order valence-electron chi connectivity index (χ3n) is 5.19. The first-order valence-electron chi connectivity index (χ1n) is 9.62. The monoisotopic (exact) mass is 405 g/mol. The van der Waals surface area contributed by atoms with Crippen LogP contribution in [0.3, 0.4) is 0 Å². The number of fused-ring (bicyclic) bond motifs is 1. The molecule has 152 valence electrons. The van der Waals surface area contributed by atoms with Crippen LogP contribution >= 0.6 is 0 Å². The van der Waals surface area contributed by atoms with Crippen LogP contribution in [0, 0.1) is 32.4 Å². The fourth-order valence-electron chi connectivity index (χ4n) is 3.43. The van der Waals surface area contributed by atoms with Gasteiger partial charge in [-0.3, -0.25) is 4.79 Å². The van der Waals surface area contributed by atoms with E-state index in [-0.39, 0.29) is 12.1 Å². The molecule has 4 aromatic rings. The van der Waals surface area contributed by atoms with Crippen LogP contribution in [-0.4, -0.2) is 15.3 Å². The summed E-state index contributed by atoms with van der Waals surface area (Å²) in [6.07, 6.45) is 1.83. The number of hydrogen-bond acceptors (Lipinski definition) is 2. The Bertz CT molecular complexity index is 1280. The summed E-state index contributed by atoms with van der Waals surface area (Å²) >= 11 is 0. The van der Waals surface area contributed by atoms with Gasteiger partial charge in [0.1, 0.15) is 17.3 Å². The largest absolute Gasteiger partial charge is 0.323 e. The first-order valence-corrected chi connectivity index (χ1v) is 9.62. The molecule has 0 atom stereocenters. The molecule has 2 heterocycles. The van der Waals surface area contributed by atoms with Gasteiger partial charge >= 0.3 is 0 Å². The molecule has 0 radical (unpaired) electrons. The van der Waals surface area contributed by atoms with Crippen molar-refractivity contribution in [2.75, 3.05) is 5.32 Å². The Morgan fingerprint density at radius 2 is 1.80 bits per heavy atom. The van der Waals surface area contributed by atoms with Gasteiger partial charge in [0.2, 0.25) is 5.91 Å². The van der Waals surface area contributed by atoms with Gasteiger partial charge in [-0.1, -0.05) is 12.1 Å². The number of hydrogen-bond donors (Lipinski definition) is 1. The molecule has 6 heteroatoms. The number of aromatic nitrogens is 2. The second-order valence-corrected chi connectivity index (χ2v) is 7.49. The molecule has 4 rings (SSSR count). The summed E-state index contributed by atoms with van der Waals surface area (Å²) in [6, 6.07) is 12.9. The lowest BCUT2D eigenvalue weighted by Gasteiger charge is -2.09. The van der Waals surface area contributed by atoms with Crippen molar-refractivity contribution in [3.05, 3.63) is 88.7 Å². The van der Waals surface area contributed by atoms with Crippen LogP contribution in [0.15, 0.2) is 54.7 Å². The maximum absolute atomic E-state index is 13.9. The minimum atomic E-state index is -0.687. The quantitative estimate of drug-likeness (QED) is 0.495. The zero-order valence-electron chi connectivity index (χ0n) is 17.0. The van der Waals surface area contributed by atoms with Crippen LogP contribution < -0.4 is 5.32 Å². The lowest BCUT2D eigenvalue weighted by Crippen LogP contribution is -2.17. The van der Waals surface area contributed by atoms with E-state index in [1.165, 1.54) is 5.56 Å². The fourth-order valence-corrected chi connectivity index (χ4v) is 3.43. The highest BCUT2D eigenvalue weighted by molar-refractivity contribution is 5.93. The Morgan fingerprint density at radius 1 is 1.00 bits per heavy atom. The van der Waals surface area contributed by atoms with E-state index in [0.717, 1.165) is 40.5 Å². The highest BCUT2D eigenvalue weighted by Gasteiger charge is 2.18. The number of imidazole rings is 1. The number of carbonyl (C=O) groups excluding carboxylic acids is 1. The smallest absolute Gasteiger partial charge is 0.230 e. The molecule has 2 aromatic heterocycles. The minimum Gasteiger partial charge on any atom is -0.323 e. The molecule has 0 fully saturated rings. The van der Waals surface area contributed by atoms with Gasteiger partial charge in [-0.15, -0.1) is 0 Å².